The number of hydrogen-bond acceptors (Lipinski definition) is 3. The minimum Gasteiger partial charge on any atom is -0.336 e. The number of aryl methyl sites for hydroxylation is 1. The topological polar surface area (TPSA) is 72.7 Å². The van der Waals surface area contributed by atoms with Gasteiger partial charge in [-0.1, -0.05) is 20.8 Å². The van der Waals surface area contributed by atoms with E-state index in [9.17, 15) is 9.59 Å². The number of aromatic nitrogens is 4. The monoisotopic (exact) mass is 344 g/mol. The first-order valence-corrected chi connectivity index (χ1v) is 9.76. The molecule has 0 atom stereocenters. The predicted molar refractivity (Wildman–Crippen MR) is 98.0 cm³/mol. The highest BCUT2D eigenvalue weighted by molar-refractivity contribution is 5.70. The van der Waals surface area contributed by atoms with E-state index in [1.807, 2.05) is 13.8 Å². The maximum atomic E-state index is 12.9. The van der Waals surface area contributed by atoms with Gasteiger partial charge in [-0.05, 0) is 50.4 Å². The molecular weight excluding hydrogens is 316 g/mol. The average Bonchev–Trinajstić information content (AvgIpc) is 3.50. The zero-order chi connectivity index (χ0) is 17.8. The Balaban J connectivity index is 1.95. The second-order valence-electron chi connectivity index (χ2n) is 8.01. The van der Waals surface area contributed by atoms with Gasteiger partial charge >= 0.3 is 5.69 Å². The predicted octanol–water partition coefficient (Wildman–Crippen LogP) is 2.78. The quantitative estimate of drug-likeness (QED) is 0.839. The average molecular weight is 344 g/mol. The van der Waals surface area contributed by atoms with Gasteiger partial charge in [-0.25, -0.2) is 9.78 Å². The van der Waals surface area contributed by atoms with E-state index in [4.69, 9.17) is 4.98 Å². The minimum atomic E-state index is -0.223. The Morgan fingerprint density at radius 1 is 1.04 bits per heavy atom. The number of aromatic amines is 1. The van der Waals surface area contributed by atoms with Crippen molar-refractivity contribution in [3.8, 4) is 0 Å². The summed E-state index contributed by atoms with van der Waals surface area (Å²) in [7, 11) is 0. The highest BCUT2D eigenvalue weighted by Crippen LogP contribution is 2.58. The van der Waals surface area contributed by atoms with Crippen LogP contribution < -0.4 is 11.2 Å². The van der Waals surface area contributed by atoms with E-state index in [1.54, 1.807) is 4.57 Å². The van der Waals surface area contributed by atoms with E-state index in [0.717, 1.165) is 18.7 Å². The molecule has 0 spiro atoms. The molecule has 2 saturated carbocycles. The molecule has 0 aliphatic heterocycles. The van der Waals surface area contributed by atoms with E-state index < -0.39 is 0 Å². The lowest BCUT2D eigenvalue weighted by atomic mass is 9.79. The smallest absolute Gasteiger partial charge is 0.332 e. The summed E-state index contributed by atoms with van der Waals surface area (Å²) in [4.78, 5) is 33.9. The fraction of sp³-hybridized carbons (Fsp3) is 0.737. The number of fused-ring (bicyclic) bond motifs is 1. The maximum absolute atomic E-state index is 12.9. The Morgan fingerprint density at radius 3 is 2.12 bits per heavy atom. The molecule has 1 N–H and O–H groups in total. The standard InChI is InChI=1S/C19H28N4O2/c1-4-10-22-15-14(16(24)23(11-5-2)18(22)25)20-17(21-15)19(3,12-6-7-12)13-8-9-13/h12-13H,4-11H2,1-3H3,(H,20,21). The van der Waals surface area contributed by atoms with Crippen LogP contribution >= 0.6 is 0 Å². The third kappa shape index (κ3) is 2.49. The molecule has 0 radical (unpaired) electrons. The van der Waals surface area contributed by atoms with Crippen molar-refractivity contribution in [3.05, 3.63) is 26.7 Å². The van der Waals surface area contributed by atoms with Crippen LogP contribution in [0, 0.1) is 11.8 Å². The van der Waals surface area contributed by atoms with Crippen LogP contribution in [0.3, 0.4) is 0 Å². The molecule has 6 nitrogen and oxygen atoms in total. The van der Waals surface area contributed by atoms with Crippen LogP contribution in [0.4, 0.5) is 0 Å². The van der Waals surface area contributed by atoms with Crippen molar-refractivity contribution in [2.45, 2.75) is 77.8 Å². The SMILES string of the molecule is CCCn1c(=O)c2[nH]c(C(C)(C3CC3)C3CC3)nc2n(CCC)c1=O. The number of hydrogen-bond donors (Lipinski definition) is 1. The first-order valence-electron chi connectivity index (χ1n) is 9.76. The van der Waals surface area contributed by atoms with Crippen molar-refractivity contribution in [3.63, 3.8) is 0 Å². The molecule has 2 aromatic heterocycles. The van der Waals surface area contributed by atoms with Crippen molar-refractivity contribution in [2.75, 3.05) is 0 Å². The number of rotatable bonds is 7. The molecule has 2 fully saturated rings. The van der Waals surface area contributed by atoms with Crippen LogP contribution in [0.2, 0.25) is 0 Å². The summed E-state index contributed by atoms with van der Waals surface area (Å²) in [6.07, 6.45) is 6.56. The Kier molecular flexibility index (Phi) is 3.89. The van der Waals surface area contributed by atoms with Gasteiger partial charge in [0.05, 0.1) is 0 Å². The molecule has 25 heavy (non-hydrogen) atoms. The van der Waals surface area contributed by atoms with E-state index >= 15 is 0 Å². The fourth-order valence-corrected chi connectivity index (χ4v) is 4.35. The summed E-state index contributed by atoms with van der Waals surface area (Å²) in [5.41, 5.74) is 0.630. The highest BCUT2D eigenvalue weighted by Gasteiger charge is 2.53. The van der Waals surface area contributed by atoms with E-state index in [2.05, 4.69) is 11.9 Å². The number of nitrogens with zero attached hydrogens (tertiary/aromatic N) is 3. The lowest BCUT2D eigenvalue weighted by Crippen LogP contribution is -2.40. The molecule has 6 heteroatoms. The van der Waals surface area contributed by atoms with E-state index in [0.29, 0.717) is 36.1 Å². The van der Waals surface area contributed by atoms with Crippen molar-refractivity contribution < 1.29 is 0 Å². The molecule has 0 amide bonds. The van der Waals surface area contributed by atoms with Crippen molar-refractivity contribution in [1.82, 2.24) is 19.1 Å². The number of imidazole rings is 1. The van der Waals surface area contributed by atoms with Gasteiger partial charge in [-0.3, -0.25) is 13.9 Å². The second kappa shape index (κ2) is 5.85. The van der Waals surface area contributed by atoms with Gasteiger partial charge < -0.3 is 4.98 Å². The van der Waals surface area contributed by atoms with Crippen molar-refractivity contribution in [2.24, 2.45) is 11.8 Å². The van der Waals surface area contributed by atoms with Crippen LogP contribution in [0.15, 0.2) is 9.59 Å². The molecule has 0 bridgehead atoms. The molecule has 136 valence electrons. The van der Waals surface area contributed by atoms with Gasteiger partial charge in [0.1, 0.15) is 11.3 Å². The fourth-order valence-electron chi connectivity index (χ4n) is 4.35. The van der Waals surface area contributed by atoms with Gasteiger partial charge in [-0.2, -0.15) is 0 Å². The molecule has 2 aliphatic rings. The summed E-state index contributed by atoms with van der Waals surface area (Å²) >= 11 is 0. The third-order valence-corrected chi connectivity index (χ3v) is 6.12. The molecular formula is C19H28N4O2. The van der Waals surface area contributed by atoms with E-state index in [1.165, 1.54) is 30.3 Å². The zero-order valence-corrected chi connectivity index (χ0v) is 15.5. The molecule has 2 heterocycles. The summed E-state index contributed by atoms with van der Waals surface area (Å²) in [6, 6.07) is 0. The van der Waals surface area contributed by atoms with Gasteiger partial charge in [0.15, 0.2) is 5.65 Å². The van der Waals surface area contributed by atoms with Crippen molar-refractivity contribution >= 4 is 11.2 Å². The summed E-state index contributed by atoms with van der Waals surface area (Å²) in [5, 5.41) is 0. The van der Waals surface area contributed by atoms with Crippen LogP contribution in [-0.4, -0.2) is 19.1 Å². The van der Waals surface area contributed by atoms with E-state index in [-0.39, 0.29) is 16.7 Å². The lowest BCUT2D eigenvalue weighted by Gasteiger charge is -2.27. The summed E-state index contributed by atoms with van der Waals surface area (Å²) in [6.45, 7) is 7.36. The molecule has 2 aliphatic carbocycles. The molecule has 4 rings (SSSR count). The highest BCUT2D eigenvalue weighted by atomic mass is 16.2. The van der Waals surface area contributed by atoms with Gasteiger partial charge in [0, 0.05) is 18.5 Å². The molecule has 0 aromatic carbocycles. The Hall–Kier alpha value is -1.85. The Bertz CT molecular complexity index is 900. The Labute approximate surface area is 147 Å². The Morgan fingerprint density at radius 2 is 1.60 bits per heavy atom. The lowest BCUT2D eigenvalue weighted by molar-refractivity contribution is 0.336. The largest absolute Gasteiger partial charge is 0.336 e. The minimum absolute atomic E-state index is 0.0220. The summed E-state index contributed by atoms with van der Waals surface area (Å²) < 4.78 is 3.05. The second-order valence-corrected chi connectivity index (χ2v) is 8.01. The maximum Gasteiger partial charge on any atom is 0.332 e. The van der Waals surface area contributed by atoms with Crippen LogP contribution in [0.25, 0.3) is 11.2 Å². The number of nitrogens with one attached hydrogen (secondary N) is 1. The summed E-state index contributed by atoms with van der Waals surface area (Å²) in [5.74, 6) is 2.23. The number of H-pyrrole nitrogens is 1. The normalized spacial score (nSPS) is 18.2. The molecule has 0 unspecified atom stereocenters. The van der Waals surface area contributed by atoms with Crippen LogP contribution in [0.5, 0.6) is 0 Å². The van der Waals surface area contributed by atoms with Crippen LogP contribution in [0.1, 0.15) is 65.1 Å². The first kappa shape index (κ1) is 16.6. The first-order chi connectivity index (χ1) is 12.0. The molecule has 0 saturated heterocycles. The van der Waals surface area contributed by atoms with Gasteiger partial charge in [-0.15, -0.1) is 0 Å². The van der Waals surface area contributed by atoms with Gasteiger partial charge in [0.25, 0.3) is 5.56 Å². The third-order valence-electron chi connectivity index (χ3n) is 6.12. The van der Waals surface area contributed by atoms with Crippen molar-refractivity contribution in [1.29, 1.82) is 0 Å². The van der Waals surface area contributed by atoms with Crippen LogP contribution in [-0.2, 0) is 18.5 Å². The van der Waals surface area contributed by atoms with Gasteiger partial charge in [0.2, 0.25) is 0 Å². The zero-order valence-electron chi connectivity index (χ0n) is 15.5. The molecule has 2 aromatic rings.